The highest BCUT2D eigenvalue weighted by molar-refractivity contribution is 5.84. The highest BCUT2D eigenvalue weighted by atomic mass is 19.4. The molecule has 0 bridgehead atoms. The van der Waals surface area contributed by atoms with Crippen LogP contribution in [0.4, 0.5) is 13.2 Å². The Morgan fingerprint density at radius 2 is 1.80 bits per heavy atom. The van der Waals surface area contributed by atoms with Gasteiger partial charge in [0.15, 0.2) is 5.82 Å². The van der Waals surface area contributed by atoms with Crippen molar-refractivity contribution in [3.8, 4) is 17.1 Å². The Labute approximate surface area is 200 Å². The molecular formula is C27H24F3N3O2. The van der Waals surface area contributed by atoms with Gasteiger partial charge in [-0.2, -0.15) is 22.9 Å². The van der Waals surface area contributed by atoms with Crippen LogP contribution < -0.4 is 10.3 Å². The summed E-state index contributed by atoms with van der Waals surface area (Å²) in [6.07, 6.45) is -3.01. The first-order valence-corrected chi connectivity index (χ1v) is 11.0. The lowest BCUT2D eigenvalue weighted by atomic mass is 9.97. The number of aryl methyl sites for hydroxylation is 1. The van der Waals surface area contributed by atoms with Crippen LogP contribution in [0.1, 0.15) is 42.0 Å². The second-order valence-corrected chi connectivity index (χ2v) is 8.50. The molecule has 0 radical (unpaired) electrons. The van der Waals surface area contributed by atoms with E-state index in [0.717, 1.165) is 39.2 Å². The average molecular weight is 480 g/mol. The largest absolute Gasteiger partial charge is 0.496 e. The molecule has 0 unspecified atom stereocenters. The number of para-hydroxylation sites is 1. The summed E-state index contributed by atoms with van der Waals surface area (Å²) in [4.78, 5) is 17.9. The Balaban J connectivity index is 1.93. The summed E-state index contributed by atoms with van der Waals surface area (Å²) in [5.74, 6) is 0.957. The molecule has 0 amide bonds. The fourth-order valence-corrected chi connectivity index (χ4v) is 3.86. The zero-order valence-corrected chi connectivity index (χ0v) is 19.7. The van der Waals surface area contributed by atoms with Crippen molar-refractivity contribution in [1.82, 2.24) is 9.66 Å². The number of methoxy groups -OCH3 is 1. The van der Waals surface area contributed by atoms with E-state index in [-0.39, 0.29) is 17.3 Å². The van der Waals surface area contributed by atoms with E-state index in [2.05, 4.69) is 10.1 Å². The molecule has 0 spiro atoms. The molecule has 0 aliphatic rings. The van der Waals surface area contributed by atoms with Gasteiger partial charge in [0.1, 0.15) is 5.75 Å². The number of fused-ring (bicyclic) bond motifs is 1. The quantitative estimate of drug-likeness (QED) is 0.311. The summed E-state index contributed by atoms with van der Waals surface area (Å²) in [7, 11) is 1.61. The number of halogens is 3. The first-order chi connectivity index (χ1) is 16.6. The average Bonchev–Trinajstić information content (AvgIpc) is 2.83. The first kappa shape index (κ1) is 24.2. The fraction of sp³-hybridized carbons (Fsp3) is 0.222. The molecule has 0 N–H and O–H groups in total. The highest BCUT2D eigenvalue weighted by Crippen LogP contribution is 2.32. The number of ether oxygens (including phenoxy) is 1. The predicted molar refractivity (Wildman–Crippen MR) is 131 cm³/mol. The molecule has 0 aliphatic heterocycles. The topological polar surface area (TPSA) is 56.5 Å². The lowest BCUT2D eigenvalue weighted by Crippen LogP contribution is -2.20. The van der Waals surface area contributed by atoms with Gasteiger partial charge in [-0.05, 0) is 65.9 Å². The van der Waals surface area contributed by atoms with Crippen molar-refractivity contribution in [3.05, 3.63) is 93.3 Å². The number of nitrogens with zero attached hydrogens (tertiary/aromatic N) is 3. The number of hydrogen-bond donors (Lipinski definition) is 0. The molecule has 0 aliphatic carbocycles. The normalized spacial score (nSPS) is 12.1. The summed E-state index contributed by atoms with van der Waals surface area (Å²) in [5, 5.41) is 4.72. The van der Waals surface area contributed by atoms with Crippen LogP contribution in [0.3, 0.4) is 0 Å². The van der Waals surface area contributed by atoms with Crippen LogP contribution in [0.5, 0.6) is 5.75 Å². The molecule has 4 rings (SSSR count). The fourth-order valence-electron chi connectivity index (χ4n) is 3.86. The van der Waals surface area contributed by atoms with Crippen LogP contribution in [0, 0.1) is 6.92 Å². The lowest BCUT2D eigenvalue weighted by molar-refractivity contribution is -0.137. The minimum Gasteiger partial charge on any atom is -0.496 e. The van der Waals surface area contributed by atoms with Crippen molar-refractivity contribution in [2.24, 2.45) is 5.10 Å². The third-order valence-corrected chi connectivity index (χ3v) is 5.75. The molecule has 35 heavy (non-hydrogen) atoms. The Morgan fingerprint density at radius 3 is 2.49 bits per heavy atom. The van der Waals surface area contributed by atoms with Gasteiger partial charge in [0.2, 0.25) is 0 Å². The van der Waals surface area contributed by atoms with Gasteiger partial charge in [0.05, 0.1) is 29.8 Å². The Kier molecular flexibility index (Phi) is 6.47. The summed E-state index contributed by atoms with van der Waals surface area (Å²) >= 11 is 0. The highest BCUT2D eigenvalue weighted by Gasteiger charge is 2.31. The second kappa shape index (κ2) is 9.37. The number of benzene rings is 3. The van der Waals surface area contributed by atoms with Crippen molar-refractivity contribution in [2.75, 3.05) is 7.11 Å². The summed E-state index contributed by atoms with van der Waals surface area (Å²) in [5.41, 5.74) is 1.80. The molecule has 180 valence electrons. The van der Waals surface area contributed by atoms with Gasteiger partial charge in [0.25, 0.3) is 5.56 Å². The molecule has 1 heterocycles. The van der Waals surface area contributed by atoms with E-state index in [4.69, 9.17) is 4.74 Å². The van der Waals surface area contributed by atoms with Gasteiger partial charge < -0.3 is 4.74 Å². The van der Waals surface area contributed by atoms with Gasteiger partial charge in [-0.1, -0.05) is 38.1 Å². The summed E-state index contributed by atoms with van der Waals surface area (Å²) in [6, 6.07) is 15.2. The van der Waals surface area contributed by atoms with E-state index < -0.39 is 17.3 Å². The zero-order chi connectivity index (χ0) is 25.3. The number of hydrogen-bond acceptors (Lipinski definition) is 4. The van der Waals surface area contributed by atoms with Crippen LogP contribution in [-0.2, 0) is 6.18 Å². The monoisotopic (exact) mass is 479 g/mol. The van der Waals surface area contributed by atoms with Crippen molar-refractivity contribution >= 4 is 17.1 Å². The molecule has 1 aromatic heterocycles. The molecule has 0 saturated heterocycles. The van der Waals surface area contributed by atoms with Gasteiger partial charge in [-0.3, -0.25) is 4.79 Å². The Hall–Kier alpha value is -3.94. The number of alkyl halides is 3. The minimum atomic E-state index is -4.53. The molecular weight excluding hydrogens is 455 g/mol. The van der Waals surface area contributed by atoms with Gasteiger partial charge >= 0.3 is 6.18 Å². The summed E-state index contributed by atoms with van der Waals surface area (Å²) in [6.45, 7) is 5.97. The van der Waals surface area contributed by atoms with Crippen molar-refractivity contribution in [1.29, 1.82) is 0 Å². The molecule has 3 aromatic carbocycles. The van der Waals surface area contributed by atoms with E-state index in [9.17, 15) is 18.0 Å². The van der Waals surface area contributed by atoms with Crippen LogP contribution in [0.25, 0.3) is 22.3 Å². The van der Waals surface area contributed by atoms with Crippen LogP contribution in [0.2, 0.25) is 0 Å². The Bertz CT molecular complexity index is 1490. The molecule has 0 fully saturated rings. The van der Waals surface area contributed by atoms with E-state index in [0.29, 0.717) is 10.9 Å². The van der Waals surface area contributed by atoms with Crippen LogP contribution in [0.15, 0.2) is 70.6 Å². The van der Waals surface area contributed by atoms with Crippen LogP contribution >= 0.6 is 0 Å². The van der Waals surface area contributed by atoms with Crippen molar-refractivity contribution in [3.63, 3.8) is 0 Å². The predicted octanol–water partition coefficient (Wildman–Crippen LogP) is 6.40. The second-order valence-electron chi connectivity index (χ2n) is 8.50. The van der Waals surface area contributed by atoms with E-state index in [1.165, 1.54) is 18.3 Å². The van der Waals surface area contributed by atoms with Gasteiger partial charge in [-0.15, -0.1) is 0 Å². The molecule has 5 nitrogen and oxygen atoms in total. The van der Waals surface area contributed by atoms with Crippen molar-refractivity contribution < 1.29 is 17.9 Å². The minimum absolute atomic E-state index is 0.0197. The Morgan fingerprint density at radius 1 is 1.06 bits per heavy atom. The number of rotatable bonds is 5. The maximum absolute atomic E-state index is 13.4. The molecule has 8 heteroatoms. The first-order valence-electron chi connectivity index (χ1n) is 11.0. The standard InChI is InChI=1S/C27H24F3N3O2/c1-16(2)22-14-19(17(3)12-24(22)35-4)15-31-33-25(18-8-7-9-20(13-18)27(28,29)30)32-23-11-6-5-10-21(23)26(33)34/h5-16H,1-4H3. The summed E-state index contributed by atoms with van der Waals surface area (Å²) < 4.78 is 46.6. The maximum Gasteiger partial charge on any atom is 0.416 e. The van der Waals surface area contributed by atoms with Gasteiger partial charge in [0, 0.05) is 5.56 Å². The van der Waals surface area contributed by atoms with Crippen molar-refractivity contribution in [2.45, 2.75) is 32.9 Å². The van der Waals surface area contributed by atoms with E-state index in [1.807, 2.05) is 32.9 Å². The molecule has 0 atom stereocenters. The smallest absolute Gasteiger partial charge is 0.416 e. The van der Waals surface area contributed by atoms with Crippen LogP contribution in [-0.4, -0.2) is 23.0 Å². The third-order valence-electron chi connectivity index (χ3n) is 5.75. The van der Waals surface area contributed by atoms with E-state index >= 15 is 0 Å². The van der Waals surface area contributed by atoms with Gasteiger partial charge in [-0.25, -0.2) is 4.98 Å². The lowest BCUT2D eigenvalue weighted by Gasteiger charge is -2.15. The number of aromatic nitrogens is 2. The van der Waals surface area contributed by atoms with E-state index in [1.54, 1.807) is 31.4 Å². The molecule has 4 aromatic rings. The molecule has 0 saturated carbocycles. The SMILES string of the molecule is COc1cc(C)c(C=Nn2c(-c3cccc(C(F)(F)F)c3)nc3ccccc3c2=O)cc1C(C)C. The zero-order valence-electron chi connectivity index (χ0n) is 19.7. The third kappa shape index (κ3) is 4.82. The maximum atomic E-state index is 13.4.